The summed E-state index contributed by atoms with van der Waals surface area (Å²) in [6.45, 7) is 0. The molecule has 4 nitrogen and oxygen atoms in total. The third-order valence-corrected chi connectivity index (χ3v) is 1.29. The number of rotatable bonds is 2. The van der Waals surface area contributed by atoms with Gasteiger partial charge in [-0.25, -0.2) is 9.37 Å². The highest BCUT2D eigenvalue weighted by atomic mass is 19.1. The van der Waals surface area contributed by atoms with E-state index in [0.29, 0.717) is 0 Å². The van der Waals surface area contributed by atoms with Crippen LogP contribution in [0.3, 0.4) is 0 Å². The summed E-state index contributed by atoms with van der Waals surface area (Å²) >= 11 is 0. The molecule has 1 aromatic heterocycles. The summed E-state index contributed by atoms with van der Waals surface area (Å²) in [5.74, 6) is -1.69. The van der Waals surface area contributed by atoms with Crippen LogP contribution in [0.1, 0.15) is 5.56 Å². The van der Waals surface area contributed by atoms with Crippen LogP contribution in [0.15, 0.2) is 12.3 Å². The van der Waals surface area contributed by atoms with Crippen LogP contribution in [0.25, 0.3) is 0 Å². The summed E-state index contributed by atoms with van der Waals surface area (Å²) in [7, 11) is 0. The molecule has 0 unspecified atom stereocenters. The maximum absolute atomic E-state index is 12.8. The highest BCUT2D eigenvalue weighted by molar-refractivity contribution is 5.70. The van der Waals surface area contributed by atoms with Gasteiger partial charge in [0.25, 0.3) is 0 Å². The zero-order chi connectivity index (χ0) is 9.14. The number of halogens is 1. The van der Waals surface area contributed by atoms with E-state index < -0.39 is 11.8 Å². The lowest BCUT2D eigenvalue weighted by molar-refractivity contribution is -0.136. The van der Waals surface area contributed by atoms with Crippen LogP contribution < -0.4 is 5.73 Å². The van der Waals surface area contributed by atoms with Gasteiger partial charge in [-0.05, 0) is 0 Å². The van der Waals surface area contributed by atoms with Crippen LogP contribution in [0.5, 0.6) is 0 Å². The van der Waals surface area contributed by atoms with Crippen LogP contribution >= 0.6 is 0 Å². The number of carboxylic acid groups (broad SMARTS) is 1. The molecule has 64 valence electrons. The molecule has 0 aromatic carbocycles. The lowest BCUT2D eigenvalue weighted by Gasteiger charge is -1.98. The average molecular weight is 170 g/mol. The summed E-state index contributed by atoms with van der Waals surface area (Å²) in [5.41, 5.74) is 5.20. The van der Waals surface area contributed by atoms with E-state index in [0.717, 1.165) is 12.3 Å². The predicted molar refractivity (Wildman–Crippen MR) is 39.9 cm³/mol. The zero-order valence-corrected chi connectivity index (χ0v) is 6.12. The Balaban J connectivity index is 2.93. The minimum absolute atomic E-state index is 0.0386. The summed E-state index contributed by atoms with van der Waals surface area (Å²) in [6.07, 6.45) is 0.748. The van der Waals surface area contributed by atoms with Crippen molar-refractivity contribution in [3.63, 3.8) is 0 Å². The van der Waals surface area contributed by atoms with Crippen LogP contribution in [-0.4, -0.2) is 16.1 Å². The maximum atomic E-state index is 12.8. The SMILES string of the molecule is Nc1cc(F)c(CC(=O)O)cn1. The van der Waals surface area contributed by atoms with E-state index in [-0.39, 0.29) is 17.8 Å². The highest BCUT2D eigenvalue weighted by Crippen LogP contribution is 2.08. The van der Waals surface area contributed by atoms with E-state index in [1.165, 1.54) is 0 Å². The smallest absolute Gasteiger partial charge is 0.307 e. The quantitative estimate of drug-likeness (QED) is 0.674. The number of hydrogen-bond acceptors (Lipinski definition) is 3. The van der Waals surface area contributed by atoms with Gasteiger partial charge >= 0.3 is 5.97 Å². The minimum Gasteiger partial charge on any atom is -0.481 e. The number of nitrogens with zero attached hydrogens (tertiary/aromatic N) is 1. The molecule has 0 radical (unpaired) electrons. The first-order valence-corrected chi connectivity index (χ1v) is 3.21. The Morgan fingerprint density at radius 1 is 1.75 bits per heavy atom. The van der Waals surface area contributed by atoms with E-state index in [1.807, 2.05) is 0 Å². The molecule has 12 heavy (non-hydrogen) atoms. The highest BCUT2D eigenvalue weighted by Gasteiger charge is 2.06. The molecule has 0 bridgehead atoms. The molecule has 0 aliphatic heterocycles. The third-order valence-electron chi connectivity index (χ3n) is 1.29. The van der Waals surface area contributed by atoms with Gasteiger partial charge < -0.3 is 10.8 Å². The van der Waals surface area contributed by atoms with Crippen molar-refractivity contribution >= 4 is 11.8 Å². The fraction of sp³-hybridized carbons (Fsp3) is 0.143. The number of pyridine rings is 1. The maximum Gasteiger partial charge on any atom is 0.307 e. The fourth-order valence-corrected chi connectivity index (χ4v) is 0.767. The van der Waals surface area contributed by atoms with Crippen molar-refractivity contribution in [2.75, 3.05) is 5.73 Å². The van der Waals surface area contributed by atoms with Crippen molar-refractivity contribution in [1.82, 2.24) is 4.98 Å². The van der Waals surface area contributed by atoms with Crippen molar-refractivity contribution in [2.45, 2.75) is 6.42 Å². The first-order valence-electron chi connectivity index (χ1n) is 3.21. The number of nitrogen functional groups attached to an aromatic ring is 1. The first kappa shape index (κ1) is 8.45. The number of aromatic nitrogens is 1. The van der Waals surface area contributed by atoms with Gasteiger partial charge in [0.05, 0.1) is 6.42 Å². The number of carbonyl (C=O) groups is 1. The lowest BCUT2D eigenvalue weighted by atomic mass is 10.2. The molecule has 0 amide bonds. The Kier molecular flexibility index (Phi) is 2.23. The molecule has 0 spiro atoms. The van der Waals surface area contributed by atoms with Gasteiger partial charge in [-0.2, -0.15) is 0 Å². The van der Waals surface area contributed by atoms with Crippen molar-refractivity contribution in [3.05, 3.63) is 23.6 Å². The number of hydrogen-bond donors (Lipinski definition) is 2. The van der Waals surface area contributed by atoms with Crippen molar-refractivity contribution in [3.8, 4) is 0 Å². The second-order valence-electron chi connectivity index (χ2n) is 2.27. The second kappa shape index (κ2) is 3.17. The van der Waals surface area contributed by atoms with Crippen LogP contribution in [-0.2, 0) is 11.2 Å². The molecular formula is C7H7FN2O2. The Hall–Kier alpha value is -1.65. The number of aliphatic carboxylic acids is 1. The third kappa shape index (κ3) is 1.91. The Bertz CT molecular complexity index is 314. The summed E-state index contributed by atoms with van der Waals surface area (Å²) in [5, 5.41) is 8.33. The predicted octanol–water partition coefficient (Wildman–Crippen LogP) is 0.430. The molecule has 0 aliphatic carbocycles. The summed E-state index contributed by atoms with van der Waals surface area (Å²) < 4.78 is 12.8. The molecule has 0 aliphatic rings. The largest absolute Gasteiger partial charge is 0.481 e. The number of anilines is 1. The molecular weight excluding hydrogens is 163 g/mol. The van der Waals surface area contributed by atoms with Crippen LogP contribution in [0, 0.1) is 5.82 Å². The second-order valence-corrected chi connectivity index (χ2v) is 2.27. The molecule has 3 N–H and O–H groups in total. The topological polar surface area (TPSA) is 76.2 Å². The average Bonchev–Trinajstić information content (AvgIpc) is 1.94. The number of nitrogens with two attached hydrogens (primary N) is 1. The summed E-state index contributed by atoms with van der Waals surface area (Å²) in [4.78, 5) is 13.7. The normalized spacial score (nSPS) is 9.75. The molecule has 0 fully saturated rings. The van der Waals surface area contributed by atoms with Crippen molar-refractivity contribution < 1.29 is 14.3 Å². The van der Waals surface area contributed by atoms with Gasteiger partial charge in [0.15, 0.2) is 0 Å². The molecule has 0 saturated heterocycles. The van der Waals surface area contributed by atoms with Crippen molar-refractivity contribution in [1.29, 1.82) is 0 Å². The van der Waals surface area contributed by atoms with E-state index in [1.54, 1.807) is 0 Å². The number of carboxylic acids is 1. The minimum atomic E-state index is -1.10. The van der Waals surface area contributed by atoms with Gasteiger partial charge in [-0.1, -0.05) is 0 Å². The van der Waals surface area contributed by atoms with Crippen molar-refractivity contribution in [2.24, 2.45) is 0 Å². The summed E-state index contributed by atoms with van der Waals surface area (Å²) in [6, 6.07) is 0.998. The van der Waals surface area contributed by atoms with E-state index in [2.05, 4.69) is 4.98 Å². The zero-order valence-electron chi connectivity index (χ0n) is 6.12. The van der Waals surface area contributed by atoms with Crippen LogP contribution in [0.2, 0.25) is 0 Å². The molecule has 1 heterocycles. The first-order chi connectivity index (χ1) is 5.59. The monoisotopic (exact) mass is 170 g/mol. The van der Waals surface area contributed by atoms with Gasteiger partial charge in [-0.3, -0.25) is 4.79 Å². The molecule has 5 heteroatoms. The van der Waals surface area contributed by atoms with Gasteiger partial charge in [0.1, 0.15) is 11.6 Å². The van der Waals surface area contributed by atoms with E-state index in [9.17, 15) is 9.18 Å². The molecule has 0 atom stereocenters. The molecule has 0 saturated carbocycles. The Morgan fingerprint density at radius 2 is 2.42 bits per heavy atom. The molecule has 1 rings (SSSR count). The van der Waals surface area contributed by atoms with E-state index >= 15 is 0 Å². The Morgan fingerprint density at radius 3 is 2.92 bits per heavy atom. The van der Waals surface area contributed by atoms with Gasteiger partial charge in [0, 0.05) is 17.8 Å². The molecule has 1 aromatic rings. The van der Waals surface area contributed by atoms with Gasteiger partial charge in [-0.15, -0.1) is 0 Å². The standard InChI is InChI=1S/C7H7FN2O2/c8-5-2-6(9)10-3-4(5)1-7(11)12/h2-3H,1H2,(H2,9,10)(H,11,12). The fourth-order valence-electron chi connectivity index (χ4n) is 0.767. The van der Waals surface area contributed by atoms with Crippen LogP contribution in [0.4, 0.5) is 10.2 Å². The Labute approximate surface area is 67.8 Å². The van der Waals surface area contributed by atoms with E-state index in [4.69, 9.17) is 10.8 Å². The van der Waals surface area contributed by atoms with Gasteiger partial charge in [0.2, 0.25) is 0 Å². The lowest BCUT2D eigenvalue weighted by Crippen LogP contribution is -2.04.